The minimum Gasteiger partial charge on any atom is -0.493 e. The second kappa shape index (κ2) is 11.7. The van der Waals surface area contributed by atoms with E-state index in [0.29, 0.717) is 35.1 Å². The maximum Gasteiger partial charge on any atom is 0.434 e. The first-order valence-corrected chi connectivity index (χ1v) is 14.6. The fourth-order valence-corrected chi connectivity index (χ4v) is 6.24. The van der Waals surface area contributed by atoms with Crippen molar-refractivity contribution >= 4 is 23.5 Å². The molecule has 2 atom stereocenters. The molecule has 3 aliphatic rings. The molecule has 0 radical (unpaired) electrons. The van der Waals surface area contributed by atoms with Gasteiger partial charge in [-0.3, -0.25) is 4.79 Å². The molecule has 0 spiro atoms. The van der Waals surface area contributed by atoms with E-state index >= 15 is 0 Å². The number of nitrogens with zero attached hydrogens (tertiary/aromatic N) is 6. The number of rotatable bonds is 8. The van der Waals surface area contributed by atoms with Gasteiger partial charge >= 0.3 is 6.18 Å². The van der Waals surface area contributed by atoms with E-state index in [4.69, 9.17) is 16.3 Å². The van der Waals surface area contributed by atoms with E-state index in [9.17, 15) is 22.4 Å². The van der Waals surface area contributed by atoms with Crippen LogP contribution in [0.15, 0.2) is 36.8 Å². The first kappa shape index (κ1) is 28.7. The van der Waals surface area contributed by atoms with Gasteiger partial charge in [-0.25, -0.2) is 19.3 Å². The zero-order chi connectivity index (χ0) is 29.4. The summed E-state index contributed by atoms with van der Waals surface area (Å²) in [4.78, 5) is 28.7. The lowest BCUT2D eigenvalue weighted by atomic mass is 9.90. The van der Waals surface area contributed by atoms with Gasteiger partial charge in [0.1, 0.15) is 17.4 Å². The first-order chi connectivity index (χ1) is 20.1. The van der Waals surface area contributed by atoms with Crippen LogP contribution in [0.25, 0.3) is 0 Å². The molecule has 2 aliphatic heterocycles. The number of anilines is 1. The number of piperidine rings is 1. The second-order valence-electron chi connectivity index (χ2n) is 11.3. The first-order valence-electron chi connectivity index (χ1n) is 14.2. The molecule has 2 fully saturated rings. The van der Waals surface area contributed by atoms with Crippen molar-refractivity contribution in [3.8, 4) is 5.75 Å². The highest BCUT2D eigenvalue weighted by Gasteiger charge is 2.43. The average molecular weight is 607 g/mol. The molecule has 2 aromatic heterocycles. The molecular weight excluding hydrogens is 576 g/mol. The summed E-state index contributed by atoms with van der Waals surface area (Å²) in [5, 5.41) is 0.531. The summed E-state index contributed by atoms with van der Waals surface area (Å²) in [6.45, 7) is 2.76. The van der Waals surface area contributed by atoms with Crippen molar-refractivity contribution in [2.45, 2.75) is 51.4 Å². The summed E-state index contributed by atoms with van der Waals surface area (Å²) < 4.78 is 60.9. The molecule has 42 heavy (non-hydrogen) atoms. The zero-order valence-corrected chi connectivity index (χ0v) is 23.6. The molecule has 0 bridgehead atoms. The van der Waals surface area contributed by atoms with Gasteiger partial charge < -0.3 is 19.1 Å². The number of carbonyl (C=O) groups is 1. The number of benzene rings is 1. The Morgan fingerprint density at radius 3 is 2.57 bits per heavy atom. The van der Waals surface area contributed by atoms with E-state index < -0.39 is 17.7 Å². The molecule has 0 N–H and O–H groups in total. The van der Waals surface area contributed by atoms with Crippen LogP contribution in [0.2, 0.25) is 5.02 Å². The number of carbonyl (C=O) groups excluding carboxylic acids is 1. The Kier molecular flexibility index (Phi) is 7.99. The topological polar surface area (TPSA) is 76.4 Å². The number of halogens is 5. The molecular formula is C29H31ClF4N6O2. The van der Waals surface area contributed by atoms with Gasteiger partial charge in [-0.2, -0.15) is 13.2 Å². The van der Waals surface area contributed by atoms with Crippen LogP contribution in [0.1, 0.15) is 42.8 Å². The number of alkyl halides is 3. The number of fused-ring (bicyclic) bond motifs is 1. The molecule has 224 valence electrons. The number of hydrogen-bond acceptors (Lipinski definition) is 6. The highest BCUT2D eigenvalue weighted by Crippen LogP contribution is 2.50. The van der Waals surface area contributed by atoms with Crippen LogP contribution in [0.5, 0.6) is 5.75 Å². The quantitative estimate of drug-likeness (QED) is 0.320. The number of hydrogen-bond donors (Lipinski definition) is 0. The predicted molar refractivity (Wildman–Crippen MR) is 146 cm³/mol. The SMILES string of the molecule is O=C(Cc1ccc(OCC[C@@H]2C[C@@H]2C2CCN(c3ncc(Cl)cn3)CC2)cc1F)N1CCn2cc(C(F)(F)F)nc2C1. The van der Waals surface area contributed by atoms with Gasteiger partial charge in [0.05, 0.1) is 37.0 Å². The highest BCUT2D eigenvalue weighted by atomic mass is 35.5. The van der Waals surface area contributed by atoms with E-state index in [1.807, 2.05) is 0 Å². The Labute approximate surface area is 245 Å². The Morgan fingerprint density at radius 2 is 1.86 bits per heavy atom. The molecule has 4 heterocycles. The molecule has 1 saturated heterocycles. The van der Waals surface area contributed by atoms with Gasteiger partial charge in [0, 0.05) is 38.4 Å². The molecule has 0 unspecified atom stereocenters. The van der Waals surface area contributed by atoms with E-state index in [0.717, 1.165) is 44.5 Å². The van der Waals surface area contributed by atoms with Gasteiger partial charge in [0.25, 0.3) is 0 Å². The Balaban J connectivity index is 0.929. The van der Waals surface area contributed by atoms with Gasteiger partial charge in [-0.1, -0.05) is 17.7 Å². The normalized spacial score (nSPS) is 20.9. The lowest BCUT2D eigenvalue weighted by Gasteiger charge is -2.32. The molecule has 6 rings (SSSR count). The third-order valence-electron chi connectivity index (χ3n) is 8.58. The third-order valence-corrected chi connectivity index (χ3v) is 8.78. The number of ether oxygens (including phenoxy) is 1. The smallest absolute Gasteiger partial charge is 0.434 e. The van der Waals surface area contributed by atoms with Gasteiger partial charge in [0.15, 0.2) is 5.69 Å². The van der Waals surface area contributed by atoms with Crippen LogP contribution in [0, 0.1) is 23.6 Å². The van der Waals surface area contributed by atoms with Gasteiger partial charge in [-0.15, -0.1) is 0 Å². The van der Waals surface area contributed by atoms with Crippen molar-refractivity contribution in [3.05, 3.63) is 64.7 Å². The van der Waals surface area contributed by atoms with Crippen LogP contribution in [-0.4, -0.2) is 56.6 Å². The summed E-state index contributed by atoms with van der Waals surface area (Å²) in [5.41, 5.74) is -0.758. The summed E-state index contributed by atoms with van der Waals surface area (Å²) in [7, 11) is 0. The highest BCUT2D eigenvalue weighted by molar-refractivity contribution is 6.30. The van der Waals surface area contributed by atoms with Crippen LogP contribution in [0.3, 0.4) is 0 Å². The summed E-state index contributed by atoms with van der Waals surface area (Å²) in [6.07, 6.45) is 3.79. The van der Waals surface area contributed by atoms with Gasteiger partial charge in [0.2, 0.25) is 11.9 Å². The zero-order valence-electron chi connectivity index (χ0n) is 22.9. The molecule has 1 amide bonds. The van der Waals surface area contributed by atoms with E-state index in [1.165, 1.54) is 28.0 Å². The fourth-order valence-electron chi connectivity index (χ4n) is 6.14. The minimum absolute atomic E-state index is 0.0459. The molecule has 13 heteroatoms. The third kappa shape index (κ3) is 6.48. The van der Waals surface area contributed by atoms with E-state index in [2.05, 4.69) is 19.9 Å². The van der Waals surface area contributed by atoms with Crippen LogP contribution < -0.4 is 9.64 Å². The van der Waals surface area contributed by atoms with Crippen molar-refractivity contribution in [2.75, 3.05) is 31.1 Å². The second-order valence-corrected chi connectivity index (χ2v) is 11.7. The fraction of sp³-hybridized carbons (Fsp3) is 0.517. The minimum atomic E-state index is -4.54. The maximum atomic E-state index is 14.8. The molecule has 3 aromatic rings. The maximum absolute atomic E-state index is 14.8. The van der Waals surface area contributed by atoms with Crippen LogP contribution >= 0.6 is 11.6 Å². The average Bonchev–Trinajstić information content (AvgIpc) is 3.60. The van der Waals surface area contributed by atoms with E-state index in [1.54, 1.807) is 18.5 Å². The van der Waals surface area contributed by atoms with Crippen molar-refractivity contribution in [2.24, 2.45) is 17.8 Å². The number of imidazole rings is 1. The Hall–Kier alpha value is -3.41. The van der Waals surface area contributed by atoms with Crippen molar-refractivity contribution in [1.29, 1.82) is 0 Å². The molecule has 8 nitrogen and oxygen atoms in total. The Morgan fingerprint density at radius 1 is 1.10 bits per heavy atom. The van der Waals surface area contributed by atoms with Crippen LogP contribution in [0.4, 0.5) is 23.5 Å². The standard InChI is InChI=1S/C29H31ClF4N6O2/c30-21-14-35-28(36-15-21)38-6-3-18(4-7-38)23-11-19(23)5-10-42-22-2-1-20(24(31)13-22)12-27(41)40-9-8-39-16-25(29(32,33)34)37-26(39)17-40/h1-2,13-16,18-19,23H,3-12,17H2/t19-,23-/m1/s1. The summed E-state index contributed by atoms with van der Waals surface area (Å²) in [6, 6.07) is 4.48. The van der Waals surface area contributed by atoms with Crippen LogP contribution in [-0.2, 0) is 30.5 Å². The van der Waals surface area contributed by atoms with Gasteiger partial charge in [-0.05, 0) is 55.1 Å². The van der Waals surface area contributed by atoms with Crippen molar-refractivity contribution < 1.29 is 27.1 Å². The molecule has 1 aliphatic carbocycles. The van der Waals surface area contributed by atoms with Crippen molar-refractivity contribution in [1.82, 2.24) is 24.4 Å². The largest absolute Gasteiger partial charge is 0.493 e. The number of aromatic nitrogens is 4. The Bertz CT molecular complexity index is 1420. The van der Waals surface area contributed by atoms with Crippen molar-refractivity contribution in [3.63, 3.8) is 0 Å². The summed E-state index contributed by atoms with van der Waals surface area (Å²) in [5.74, 6) is 2.39. The molecule has 1 saturated carbocycles. The summed E-state index contributed by atoms with van der Waals surface area (Å²) >= 11 is 5.89. The lowest BCUT2D eigenvalue weighted by molar-refractivity contribution is -0.141. The molecule has 1 aromatic carbocycles. The predicted octanol–water partition coefficient (Wildman–Crippen LogP) is 5.39. The monoisotopic (exact) mass is 606 g/mol. The lowest BCUT2D eigenvalue weighted by Crippen LogP contribution is -2.39. The number of amides is 1. The van der Waals surface area contributed by atoms with E-state index in [-0.39, 0.29) is 43.4 Å².